The lowest BCUT2D eigenvalue weighted by Crippen LogP contribution is -2.31. The van der Waals surface area contributed by atoms with E-state index in [0.29, 0.717) is 11.7 Å². The number of aliphatic imine (C=N–C) groups is 1. The molecule has 3 N–H and O–H groups in total. The van der Waals surface area contributed by atoms with Crippen LogP contribution in [0.5, 0.6) is 0 Å². The molecule has 0 heterocycles. The van der Waals surface area contributed by atoms with Gasteiger partial charge in [-0.05, 0) is 20.7 Å². The Balaban J connectivity index is 4.23. The molecule has 0 unspecified atom stereocenters. The average molecular weight is 211 g/mol. The van der Waals surface area contributed by atoms with E-state index in [-0.39, 0.29) is 0 Å². The number of hydrogen-bond donors (Lipinski definition) is 3. The van der Waals surface area contributed by atoms with Crippen molar-refractivity contribution in [3.63, 3.8) is 0 Å². The second-order valence-electron chi connectivity index (χ2n) is 3.13. The number of rotatable bonds is 7. The highest BCUT2D eigenvalue weighted by molar-refractivity contribution is 5.90. The number of likely N-dealkylation sites (N-methyl/N-ethyl adjacent to an activating group) is 2. The van der Waals surface area contributed by atoms with Crippen molar-refractivity contribution < 1.29 is 0 Å². The van der Waals surface area contributed by atoms with E-state index < -0.39 is 0 Å². The standard InChI is InChI=1S/C10H21N5/c1-5-14-10(13-3)8-9(11)15(4)7-6-12-2/h8,11-12,14H,3,5-7H2,1-2,4H3/b10-8+,11-9?. The number of hydrogen-bond acceptors (Lipinski definition) is 4. The molecule has 0 fully saturated rings. The van der Waals surface area contributed by atoms with Gasteiger partial charge in [-0.3, -0.25) is 5.41 Å². The SMILES string of the molecule is C=N/C(=C\C(=N)N(C)CCNC)NCC. The smallest absolute Gasteiger partial charge is 0.128 e. The van der Waals surface area contributed by atoms with Gasteiger partial charge in [-0.25, -0.2) is 4.99 Å². The van der Waals surface area contributed by atoms with Gasteiger partial charge in [0.1, 0.15) is 11.7 Å². The summed E-state index contributed by atoms with van der Waals surface area (Å²) in [6.07, 6.45) is 1.67. The van der Waals surface area contributed by atoms with Gasteiger partial charge in [-0.1, -0.05) is 0 Å². The van der Waals surface area contributed by atoms with Gasteiger partial charge in [-0.15, -0.1) is 0 Å². The van der Waals surface area contributed by atoms with Crippen molar-refractivity contribution in [2.24, 2.45) is 4.99 Å². The van der Waals surface area contributed by atoms with Gasteiger partial charge >= 0.3 is 0 Å². The molecule has 0 aromatic heterocycles. The molecule has 0 bridgehead atoms. The predicted molar refractivity (Wildman–Crippen MR) is 65.6 cm³/mol. The summed E-state index contributed by atoms with van der Waals surface area (Å²) in [4.78, 5) is 5.64. The zero-order valence-corrected chi connectivity index (χ0v) is 9.80. The molecule has 0 aromatic rings. The van der Waals surface area contributed by atoms with E-state index in [9.17, 15) is 0 Å². The molecule has 0 radical (unpaired) electrons. The van der Waals surface area contributed by atoms with Gasteiger partial charge in [0.25, 0.3) is 0 Å². The van der Waals surface area contributed by atoms with Gasteiger partial charge in [0, 0.05) is 32.8 Å². The molecule has 0 saturated carbocycles. The maximum absolute atomic E-state index is 7.78. The Kier molecular flexibility index (Phi) is 7.27. The molecule has 0 aliphatic heterocycles. The van der Waals surface area contributed by atoms with E-state index in [4.69, 9.17) is 5.41 Å². The zero-order valence-electron chi connectivity index (χ0n) is 9.80. The van der Waals surface area contributed by atoms with Gasteiger partial charge < -0.3 is 15.5 Å². The molecule has 0 aromatic carbocycles. The van der Waals surface area contributed by atoms with Crippen LogP contribution in [0.2, 0.25) is 0 Å². The fourth-order valence-electron chi connectivity index (χ4n) is 0.973. The van der Waals surface area contributed by atoms with E-state index in [1.165, 1.54) is 0 Å². The Morgan fingerprint density at radius 3 is 2.73 bits per heavy atom. The quantitative estimate of drug-likeness (QED) is 0.418. The van der Waals surface area contributed by atoms with Crippen LogP contribution >= 0.6 is 0 Å². The third-order valence-electron chi connectivity index (χ3n) is 1.91. The summed E-state index contributed by atoms with van der Waals surface area (Å²) in [5, 5.41) is 13.8. The Morgan fingerprint density at radius 2 is 2.27 bits per heavy atom. The van der Waals surface area contributed by atoms with Crippen LogP contribution in [0.1, 0.15) is 6.92 Å². The second-order valence-corrected chi connectivity index (χ2v) is 3.13. The van der Waals surface area contributed by atoms with Gasteiger partial charge in [0.15, 0.2) is 0 Å². The number of nitrogens with zero attached hydrogens (tertiary/aromatic N) is 2. The van der Waals surface area contributed by atoms with Gasteiger partial charge in [-0.2, -0.15) is 0 Å². The van der Waals surface area contributed by atoms with E-state index in [2.05, 4.69) is 22.3 Å². The Morgan fingerprint density at radius 1 is 1.60 bits per heavy atom. The molecule has 0 atom stereocenters. The highest BCUT2D eigenvalue weighted by atomic mass is 15.1. The third kappa shape index (κ3) is 5.85. The molecule has 0 rings (SSSR count). The van der Waals surface area contributed by atoms with Gasteiger partial charge in [0.05, 0.1) is 0 Å². The van der Waals surface area contributed by atoms with E-state index in [1.807, 2.05) is 25.9 Å². The highest BCUT2D eigenvalue weighted by Crippen LogP contribution is 1.94. The van der Waals surface area contributed by atoms with Crippen LogP contribution in [0.25, 0.3) is 0 Å². The van der Waals surface area contributed by atoms with Crippen LogP contribution in [0.3, 0.4) is 0 Å². The van der Waals surface area contributed by atoms with Crippen LogP contribution in [0.4, 0.5) is 0 Å². The second kappa shape index (κ2) is 7.99. The molecular weight excluding hydrogens is 190 g/mol. The monoisotopic (exact) mass is 211 g/mol. The molecule has 0 aliphatic rings. The molecule has 0 amide bonds. The Hall–Kier alpha value is -1.36. The lowest BCUT2D eigenvalue weighted by atomic mass is 10.4. The van der Waals surface area contributed by atoms with Gasteiger partial charge in [0.2, 0.25) is 0 Å². The summed E-state index contributed by atoms with van der Waals surface area (Å²) in [6.45, 7) is 7.85. The van der Waals surface area contributed by atoms with Crippen molar-refractivity contribution >= 4 is 12.6 Å². The first-order valence-corrected chi connectivity index (χ1v) is 5.02. The van der Waals surface area contributed by atoms with Crippen molar-refractivity contribution in [3.05, 3.63) is 11.9 Å². The van der Waals surface area contributed by atoms with Crippen molar-refractivity contribution in [2.75, 3.05) is 33.7 Å². The molecule has 5 heteroatoms. The minimum Gasteiger partial charge on any atom is -0.370 e. The molecule has 0 aliphatic carbocycles. The van der Waals surface area contributed by atoms with Crippen molar-refractivity contribution in [1.82, 2.24) is 15.5 Å². The van der Waals surface area contributed by atoms with Crippen LogP contribution in [-0.4, -0.2) is 51.2 Å². The van der Waals surface area contributed by atoms with E-state index >= 15 is 0 Å². The fourth-order valence-corrected chi connectivity index (χ4v) is 0.973. The zero-order chi connectivity index (χ0) is 11.7. The number of nitrogens with one attached hydrogen (secondary N) is 3. The van der Waals surface area contributed by atoms with Crippen molar-refractivity contribution in [3.8, 4) is 0 Å². The summed E-state index contributed by atoms with van der Waals surface area (Å²) < 4.78 is 0. The minimum atomic E-state index is 0.425. The topological polar surface area (TPSA) is 63.5 Å². The molecule has 0 saturated heterocycles. The maximum atomic E-state index is 7.78. The molecule has 86 valence electrons. The van der Waals surface area contributed by atoms with Crippen LogP contribution < -0.4 is 10.6 Å². The highest BCUT2D eigenvalue weighted by Gasteiger charge is 2.01. The summed E-state index contributed by atoms with van der Waals surface area (Å²) in [5.41, 5.74) is 0. The van der Waals surface area contributed by atoms with E-state index in [1.54, 1.807) is 6.08 Å². The first-order valence-electron chi connectivity index (χ1n) is 5.02. The maximum Gasteiger partial charge on any atom is 0.128 e. The lowest BCUT2D eigenvalue weighted by Gasteiger charge is -2.17. The Bertz CT molecular complexity index is 234. The largest absolute Gasteiger partial charge is 0.370 e. The first-order chi connectivity index (χ1) is 7.15. The predicted octanol–water partition coefficient (Wildman–Crippen LogP) is 0.266. The van der Waals surface area contributed by atoms with Crippen molar-refractivity contribution in [1.29, 1.82) is 5.41 Å². The van der Waals surface area contributed by atoms with Crippen LogP contribution in [0, 0.1) is 5.41 Å². The summed E-state index contributed by atoms with van der Waals surface area (Å²) in [5.74, 6) is 1.06. The Labute approximate surface area is 91.8 Å². The van der Waals surface area contributed by atoms with Crippen LogP contribution in [0.15, 0.2) is 16.9 Å². The minimum absolute atomic E-state index is 0.425. The first kappa shape index (κ1) is 13.6. The molecular formula is C10H21N5. The van der Waals surface area contributed by atoms with E-state index in [0.717, 1.165) is 19.6 Å². The summed E-state index contributed by atoms with van der Waals surface area (Å²) in [6, 6.07) is 0. The fraction of sp³-hybridized carbons (Fsp3) is 0.600. The average Bonchev–Trinajstić information content (AvgIpc) is 2.24. The molecule has 0 spiro atoms. The molecule has 15 heavy (non-hydrogen) atoms. The third-order valence-corrected chi connectivity index (χ3v) is 1.91. The lowest BCUT2D eigenvalue weighted by molar-refractivity contribution is 0.494. The summed E-state index contributed by atoms with van der Waals surface area (Å²) >= 11 is 0. The van der Waals surface area contributed by atoms with Crippen LogP contribution in [-0.2, 0) is 0 Å². The van der Waals surface area contributed by atoms with Crippen molar-refractivity contribution in [2.45, 2.75) is 6.92 Å². The summed E-state index contributed by atoms with van der Waals surface area (Å²) in [7, 11) is 3.77. The normalized spacial score (nSPS) is 11.0. The molecule has 5 nitrogen and oxygen atoms in total. The number of amidine groups is 1.